The summed E-state index contributed by atoms with van der Waals surface area (Å²) in [6.45, 7) is 7.08. The molecular weight excluding hydrogens is 312 g/mol. The quantitative estimate of drug-likeness (QED) is 0.895. The van der Waals surface area contributed by atoms with Crippen LogP contribution in [-0.2, 0) is 4.74 Å². The zero-order valence-corrected chi connectivity index (χ0v) is 14.1. The molecule has 0 unspecified atom stereocenters. The molecule has 1 aliphatic rings. The van der Waals surface area contributed by atoms with E-state index >= 15 is 0 Å². The van der Waals surface area contributed by atoms with Crippen molar-refractivity contribution in [1.82, 2.24) is 9.80 Å². The minimum absolute atomic E-state index is 0.140. The molecule has 0 radical (unpaired) electrons. The second-order valence-electron chi connectivity index (χ2n) is 6.64. The van der Waals surface area contributed by atoms with Crippen molar-refractivity contribution in [2.75, 3.05) is 26.2 Å². The molecule has 1 fully saturated rings. The van der Waals surface area contributed by atoms with E-state index in [0.717, 1.165) is 0 Å². The van der Waals surface area contributed by atoms with E-state index in [0.29, 0.717) is 31.7 Å². The first kappa shape index (κ1) is 17.8. The number of aromatic carboxylic acids is 1. The fourth-order valence-corrected chi connectivity index (χ4v) is 2.36. The molecule has 0 aromatic heterocycles. The molecule has 1 aromatic carbocycles. The van der Waals surface area contributed by atoms with Crippen LogP contribution in [0.3, 0.4) is 0 Å². The lowest BCUT2D eigenvalue weighted by molar-refractivity contribution is 0.0141. The number of hydrogen-bond donors (Lipinski definition) is 1. The van der Waals surface area contributed by atoms with Crippen molar-refractivity contribution in [3.63, 3.8) is 0 Å². The number of carbonyl (C=O) groups is 3. The van der Waals surface area contributed by atoms with Gasteiger partial charge in [0.15, 0.2) is 0 Å². The van der Waals surface area contributed by atoms with Crippen molar-refractivity contribution in [3.8, 4) is 0 Å². The molecule has 7 heteroatoms. The Labute approximate surface area is 140 Å². The molecule has 2 rings (SSSR count). The highest BCUT2D eigenvalue weighted by Crippen LogP contribution is 2.14. The number of piperazine rings is 1. The highest BCUT2D eigenvalue weighted by molar-refractivity contribution is 5.96. The van der Waals surface area contributed by atoms with Crippen LogP contribution in [0.15, 0.2) is 24.3 Å². The number of rotatable bonds is 2. The number of carboxylic acids is 1. The van der Waals surface area contributed by atoms with Crippen molar-refractivity contribution in [2.24, 2.45) is 0 Å². The third kappa shape index (κ3) is 4.47. The Morgan fingerprint density at radius 3 is 1.83 bits per heavy atom. The van der Waals surface area contributed by atoms with Crippen molar-refractivity contribution in [3.05, 3.63) is 35.4 Å². The van der Waals surface area contributed by atoms with E-state index in [1.165, 1.54) is 24.3 Å². The Balaban J connectivity index is 1.93. The number of benzene rings is 1. The normalized spacial score (nSPS) is 15.1. The SMILES string of the molecule is CC(C)(C)OC(=O)N1CCN(C(=O)c2ccc(C(=O)O)cc2)CC1. The molecule has 0 spiro atoms. The summed E-state index contributed by atoms with van der Waals surface area (Å²) in [7, 11) is 0. The fourth-order valence-electron chi connectivity index (χ4n) is 2.36. The molecule has 1 aromatic rings. The number of carboxylic acid groups (broad SMARTS) is 1. The van der Waals surface area contributed by atoms with Gasteiger partial charge in [-0.05, 0) is 45.0 Å². The lowest BCUT2D eigenvalue weighted by atomic mass is 10.1. The number of nitrogens with zero attached hydrogens (tertiary/aromatic N) is 2. The first-order valence-corrected chi connectivity index (χ1v) is 7.78. The zero-order chi connectivity index (χ0) is 17.9. The van der Waals surface area contributed by atoms with Crippen LogP contribution in [0, 0.1) is 0 Å². The highest BCUT2D eigenvalue weighted by Gasteiger charge is 2.28. The maximum absolute atomic E-state index is 12.4. The Kier molecular flexibility index (Phi) is 5.11. The zero-order valence-electron chi connectivity index (χ0n) is 14.1. The summed E-state index contributed by atoms with van der Waals surface area (Å²) in [6, 6.07) is 5.83. The molecular formula is C17H22N2O5. The van der Waals surface area contributed by atoms with E-state index < -0.39 is 11.6 Å². The third-order valence-corrected chi connectivity index (χ3v) is 3.60. The van der Waals surface area contributed by atoms with Crippen LogP contribution in [0.2, 0.25) is 0 Å². The van der Waals surface area contributed by atoms with Gasteiger partial charge in [0.1, 0.15) is 5.60 Å². The van der Waals surface area contributed by atoms with Gasteiger partial charge in [-0.2, -0.15) is 0 Å². The van der Waals surface area contributed by atoms with Crippen LogP contribution in [-0.4, -0.2) is 64.7 Å². The van der Waals surface area contributed by atoms with E-state index in [4.69, 9.17) is 9.84 Å². The summed E-state index contributed by atoms with van der Waals surface area (Å²) in [5.41, 5.74) is 0.0302. The molecule has 1 N–H and O–H groups in total. The van der Waals surface area contributed by atoms with Gasteiger partial charge in [0, 0.05) is 31.7 Å². The Hall–Kier alpha value is -2.57. The molecule has 0 aliphatic carbocycles. The number of hydrogen-bond acceptors (Lipinski definition) is 4. The summed E-state index contributed by atoms with van der Waals surface area (Å²) >= 11 is 0. The first-order valence-electron chi connectivity index (χ1n) is 7.78. The summed E-state index contributed by atoms with van der Waals surface area (Å²) in [4.78, 5) is 38.5. The predicted molar refractivity (Wildman–Crippen MR) is 87.1 cm³/mol. The minimum atomic E-state index is -1.03. The number of amides is 2. The van der Waals surface area contributed by atoms with Crippen molar-refractivity contribution in [1.29, 1.82) is 0 Å². The van der Waals surface area contributed by atoms with Crippen LogP contribution in [0.4, 0.5) is 4.79 Å². The van der Waals surface area contributed by atoms with E-state index in [2.05, 4.69) is 0 Å². The van der Waals surface area contributed by atoms with E-state index in [-0.39, 0.29) is 17.6 Å². The van der Waals surface area contributed by atoms with E-state index in [1.54, 1.807) is 9.80 Å². The Morgan fingerprint density at radius 1 is 0.917 bits per heavy atom. The number of carbonyl (C=O) groups excluding carboxylic acids is 2. The van der Waals surface area contributed by atoms with Gasteiger partial charge < -0.3 is 19.6 Å². The summed E-state index contributed by atoms with van der Waals surface area (Å²) in [5, 5.41) is 8.88. The molecule has 1 saturated heterocycles. The van der Waals surface area contributed by atoms with Gasteiger partial charge in [-0.25, -0.2) is 9.59 Å². The predicted octanol–water partition coefficient (Wildman–Crippen LogP) is 2.08. The monoisotopic (exact) mass is 334 g/mol. The summed E-state index contributed by atoms with van der Waals surface area (Å²) < 4.78 is 5.32. The van der Waals surface area contributed by atoms with Gasteiger partial charge in [0.2, 0.25) is 0 Å². The standard InChI is InChI=1S/C17H22N2O5/c1-17(2,3)24-16(23)19-10-8-18(9-11-19)14(20)12-4-6-13(7-5-12)15(21)22/h4-7H,8-11H2,1-3H3,(H,21,22). The molecule has 1 aliphatic heterocycles. The fraction of sp³-hybridized carbons (Fsp3) is 0.471. The average molecular weight is 334 g/mol. The van der Waals surface area contributed by atoms with Crippen LogP contribution >= 0.6 is 0 Å². The maximum atomic E-state index is 12.4. The first-order chi connectivity index (χ1) is 11.2. The second kappa shape index (κ2) is 6.90. The molecule has 24 heavy (non-hydrogen) atoms. The highest BCUT2D eigenvalue weighted by atomic mass is 16.6. The lowest BCUT2D eigenvalue weighted by Crippen LogP contribution is -2.51. The molecule has 130 valence electrons. The van der Waals surface area contributed by atoms with E-state index in [9.17, 15) is 14.4 Å². The average Bonchev–Trinajstić information content (AvgIpc) is 2.53. The van der Waals surface area contributed by atoms with Gasteiger partial charge in [-0.1, -0.05) is 0 Å². The summed E-state index contributed by atoms with van der Waals surface area (Å²) in [6.07, 6.45) is -0.375. The Morgan fingerprint density at radius 2 is 1.38 bits per heavy atom. The van der Waals surface area contributed by atoms with Gasteiger partial charge >= 0.3 is 12.1 Å². The second-order valence-corrected chi connectivity index (χ2v) is 6.64. The summed E-state index contributed by atoms with van der Waals surface area (Å²) in [5.74, 6) is -1.20. The third-order valence-electron chi connectivity index (χ3n) is 3.60. The largest absolute Gasteiger partial charge is 0.478 e. The molecule has 0 saturated carbocycles. The molecule has 0 bridgehead atoms. The van der Waals surface area contributed by atoms with Crippen molar-refractivity contribution < 1.29 is 24.2 Å². The molecule has 7 nitrogen and oxygen atoms in total. The lowest BCUT2D eigenvalue weighted by Gasteiger charge is -2.35. The minimum Gasteiger partial charge on any atom is -0.478 e. The Bertz CT molecular complexity index is 625. The van der Waals surface area contributed by atoms with Gasteiger partial charge in [-0.15, -0.1) is 0 Å². The molecule has 1 heterocycles. The van der Waals surface area contributed by atoms with Gasteiger partial charge in [0.05, 0.1) is 5.56 Å². The van der Waals surface area contributed by atoms with Crippen LogP contribution in [0.25, 0.3) is 0 Å². The van der Waals surface area contributed by atoms with Gasteiger partial charge in [0.25, 0.3) is 5.91 Å². The van der Waals surface area contributed by atoms with Crippen molar-refractivity contribution in [2.45, 2.75) is 26.4 Å². The molecule has 0 atom stereocenters. The van der Waals surface area contributed by atoms with Gasteiger partial charge in [-0.3, -0.25) is 4.79 Å². The van der Waals surface area contributed by atoms with Crippen LogP contribution < -0.4 is 0 Å². The number of ether oxygens (including phenoxy) is 1. The van der Waals surface area contributed by atoms with Crippen LogP contribution in [0.1, 0.15) is 41.5 Å². The van der Waals surface area contributed by atoms with Crippen LogP contribution in [0.5, 0.6) is 0 Å². The van der Waals surface area contributed by atoms with E-state index in [1.807, 2.05) is 20.8 Å². The smallest absolute Gasteiger partial charge is 0.410 e. The topological polar surface area (TPSA) is 87.2 Å². The maximum Gasteiger partial charge on any atom is 0.410 e. The van der Waals surface area contributed by atoms with Crippen molar-refractivity contribution >= 4 is 18.0 Å². The molecule has 2 amide bonds.